The highest BCUT2D eigenvalue weighted by Gasteiger charge is 2.44. The standard InChI is InChI=1S/C26H43F3/c1-16-3-5-18(6-4-16)19-7-9-20(10-8-19)21-11-12-23(24(27)14-21)22-13-17(2)26(29)25(28)15-22/h16-26H,3-15H2,1-2H3. The van der Waals surface area contributed by atoms with Gasteiger partial charge in [0.15, 0.2) is 0 Å². The minimum atomic E-state index is -1.38. The highest BCUT2D eigenvalue weighted by Crippen LogP contribution is 2.49. The Balaban J connectivity index is 1.24. The van der Waals surface area contributed by atoms with Crippen molar-refractivity contribution in [2.24, 2.45) is 47.3 Å². The molecule has 0 radical (unpaired) electrons. The third-order valence-electron chi connectivity index (χ3n) is 9.77. The summed E-state index contributed by atoms with van der Waals surface area (Å²) in [6.45, 7) is 4.20. The predicted octanol–water partition coefficient (Wildman–Crippen LogP) is 8.10. The quantitative estimate of drug-likeness (QED) is 0.439. The Labute approximate surface area is 176 Å². The lowest BCUT2D eigenvalue weighted by molar-refractivity contribution is -0.0155. The van der Waals surface area contributed by atoms with Crippen LogP contribution in [0.5, 0.6) is 0 Å². The van der Waals surface area contributed by atoms with Gasteiger partial charge in [0.1, 0.15) is 18.5 Å². The summed E-state index contributed by atoms with van der Waals surface area (Å²) in [5, 5.41) is 0. The van der Waals surface area contributed by atoms with E-state index in [0.717, 1.165) is 30.6 Å². The van der Waals surface area contributed by atoms with Gasteiger partial charge in [-0.15, -0.1) is 0 Å². The van der Waals surface area contributed by atoms with Crippen LogP contribution in [-0.4, -0.2) is 18.5 Å². The number of hydrogen-bond donors (Lipinski definition) is 0. The van der Waals surface area contributed by atoms with Gasteiger partial charge in [0, 0.05) is 0 Å². The van der Waals surface area contributed by atoms with Crippen molar-refractivity contribution in [3.8, 4) is 0 Å². The minimum Gasteiger partial charge on any atom is -0.247 e. The fraction of sp³-hybridized carbons (Fsp3) is 1.00. The van der Waals surface area contributed by atoms with Crippen molar-refractivity contribution in [1.82, 2.24) is 0 Å². The Morgan fingerprint density at radius 3 is 1.52 bits per heavy atom. The topological polar surface area (TPSA) is 0 Å². The van der Waals surface area contributed by atoms with Crippen molar-refractivity contribution >= 4 is 0 Å². The van der Waals surface area contributed by atoms with E-state index >= 15 is 4.39 Å². The van der Waals surface area contributed by atoms with E-state index in [-0.39, 0.29) is 24.2 Å². The van der Waals surface area contributed by atoms with E-state index in [1.807, 2.05) is 0 Å². The van der Waals surface area contributed by atoms with Gasteiger partial charge in [-0.1, -0.05) is 26.7 Å². The molecule has 0 N–H and O–H groups in total. The molecule has 3 heteroatoms. The first-order chi connectivity index (χ1) is 13.9. The fourth-order valence-corrected chi connectivity index (χ4v) is 7.80. The molecule has 4 aliphatic rings. The fourth-order valence-electron chi connectivity index (χ4n) is 7.80. The molecule has 0 nitrogen and oxygen atoms in total. The van der Waals surface area contributed by atoms with Crippen LogP contribution in [-0.2, 0) is 0 Å². The molecule has 0 saturated heterocycles. The second-order valence-corrected chi connectivity index (χ2v) is 11.6. The van der Waals surface area contributed by atoms with Gasteiger partial charge in [-0.05, 0) is 118 Å². The second kappa shape index (κ2) is 9.51. The van der Waals surface area contributed by atoms with Crippen molar-refractivity contribution in [3.63, 3.8) is 0 Å². The average molecular weight is 413 g/mol. The molecular formula is C26H43F3. The number of halogens is 3. The van der Waals surface area contributed by atoms with Gasteiger partial charge >= 0.3 is 0 Å². The zero-order valence-electron chi connectivity index (χ0n) is 18.7. The molecule has 7 atom stereocenters. The van der Waals surface area contributed by atoms with Crippen LogP contribution in [0.25, 0.3) is 0 Å². The molecule has 0 aromatic carbocycles. The first-order valence-electron chi connectivity index (χ1n) is 12.8. The van der Waals surface area contributed by atoms with Crippen molar-refractivity contribution in [1.29, 1.82) is 0 Å². The SMILES string of the molecule is CC1CCC(C2CCC(C3CCC(C4CC(C)C(F)C(F)C4)C(F)C3)CC2)CC1. The van der Waals surface area contributed by atoms with Crippen LogP contribution in [0.4, 0.5) is 13.2 Å². The van der Waals surface area contributed by atoms with Crippen LogP contribution in [0.15, 0.2) is 0 Å². The maximum Gasteiger partial charge on any atom is 0.134 e. The molecule has 4 saturated carbocycles. The van der Waals surface area contributed by atoms with Crippen LogP contribution in [0.1, 0.15) is 97.3 Å². The monoisotopic (exact) mass is 412 g/mol. The van der Waals surface area contributed by atoms with Gasteiger partial charge < -0.3 is 0 Å². The van der Waals surface area contributed by atoms with Crippen molar-refractivity contribution in [3.05, 3.63) is 0 Å². The summed E-state index contributed by atoms with van der Waals surface area (Å²) < 4.78 is 43.0. The molecule has 0 aliphatic heterocycles. The summed E-state index contributed by atoms with van der Waals surface area (Å²) in [5.41, 5.74) is 0. The molecule has 0 heterocycles. The number of rotatable bonds is 3. The Bertz CT molecular complexity index is 494. The predicted molar refractivity (Wildman–Crippen MR) is 114 cm³/mol. The van der Waals surface area contributed by atoms with Crippen LogP contribution in [0, 0.1) is 47.3 Å². The second-order valence-electron chi connectivity index (χ2n) is 11.6. The summed E-state index contributed by atoms with van der Waals surface area (Å²) in [6.07, 6.45) is 11.1. The molecule has 168 valence electrons. The summed E-state index contributed by atoms with van der Waals surface area (Å²) in [7, 11) is 0. The molecule has 4 fully saturated rings. The highest BCUT2D eigenvalue weighted by atomic mass is 19.2. The lowest BCUT2D eigenvalue weighted by Gasteiger charge is -2.44. The van der Waals surface area contributed by atoms with Gasteiger partial charge in [0.2, 0.25) is 0 Å². The van der Waals surface area contributed by atoms with E-state index in [2.05, 4.69) is 6.92 Å². The van der Waals surface area contributed by atoms with E-state index < -0.39 is 18.5 Å². The zero-order chi connectivity index (χ0) is 20.5. The first kappa shape index (κ1) is 22.0. The van der Waals surface area contributed by atoms with Crippen LogP contribution >= 0.6 is 0 Å². The normalized spacial score (nSPS) is 52.2. The molecule has 0 aromatic heterocycles. The Morgan fingerprint density at radius 1 is 0.483 bits per heavy atom. The van der Waals surface area contributed by atoms with Crippen LogP contribution < -0.4 is 0 Å². The maximum absolute atomic E-state index is 15.2. The Hall–Kier alpha value is -0.210. The Morgan fingerprint density at radius 2 is 0.966 bits per heavy atom. The van der Waals surface area contributed by atoms with Crippen molar-refractivity contribution < 1.29 is 13.2 Å². The lowest BCUT2D eigenvalue weighted by atomic mass is 9.62. The van der Waals surface area contributed by atoms with Gasteiger partial charge in [-0.3, -0.25) is 0 Å². The zero-order valence-corrected chi connectivity index (χ0v) is 18.7. The smallest absolute Gasteiger partial charge is 0.134 e. The summed E-state index contributed by atoms with van der Waals surface area (Å²) in [5.74, 6) is 3.81. The maximum atomic E-state index is 15.2. The average Bonchev–Trinajstić information content (AvgIpc) is 2.72. The summed E-state index contributed by atoms with van der Waals surface area (Å²) in [6, 6.07) is 0. The molecule has 7 unspecified atom stereocenters. The van der Waals surface area contributed by atoms with Gasteiger partial charge in [0.05, 0.1) is 0 Å². The molecule has 0 aromatic rings. The number of hydrogen-bond acceptors (Lipinski definition) is 0. The molecule has 29 heavy (non-hydrogen) atoms. The van der Waals surface area contributed by atoms with Crippen molar-refractivity contribution in [2.45, 2.75) is 116 Å². The van der Waals surface area contributed by atoms with Crippen molar-refractivity contribution in [2.75, 3.05) is 0 Å². The molecule has 0 amide bonds. The first-order valence-corrected chi connectivity index (χ1v) is 12.8. The third-order valence-corrected chi connectivity index (χ3v) is 9.77. The number of alkyl halides is 3. The molecule has 0 spiro atoms. The molecular weight excluding hydrogens is 369 g/mol. The summed E-state index contributed by atoms with van der Waals surface area (Å²) >= 11 is 0. The third kappa shape index (κ3) is 5.00. The lowest BCUT2D eigenvalue weighted by Crippen LogP contribution is -2.42. The van der Waals surface area contributed by atoms with E-state index in [0.29, 0.717) is 24.7 Å². The van der Waals surface area contributed by atoms with Crippen LogP contribution in [0.2, 0.25) is 0 Å². The van der Waals surface area contributed by atoms with Gasteiger partial charge in [-0.2, -0.15) is 0 Å². The molecule has 4 aliphatic carbocycles. The van der Waals surface area contributed by atoms with E-state index in [1.54, 1.807) is 6.92 Å². The van der Waals surface area contributed by atoms with E-state index in [1.165, 1.54) is 51.4 Å². The minimum absolute atomic E-state index is 0.0278. The largest absolute Gasteiger partial charge is 0.247 e. The van der Waals surface area contributed by atoms with E-state index in [4.69, 9.17) is 0 Å². The Kier molecular flexibility index (Phi) is 7.22. The molecule has 0 bridgehead atoms. The molecule has 4 rings (SSSR count). The van der Waals surface area contributed by atoms with E-state index in [9.17, 15) is 8.78 Å². The highest BCUT2D eigenvalue weighted by molar-refractivity contribution is 4.94. The van der Waals surface area contributed by atoms with Crippen LogP contribution in [0.3, 0.4) is 0 Å². The van der Waals surface area contributed by atoms with Gasteiger partial charge in [-0.25, -0.2) is 13.2 Å². The van der Waals surface area contributed by atoms with Gasteiger partial charge in [0.25, 0.3) is 0 Å². The summed E-state index contributed by atoms with van der Waals surface area (Å²) in [4.78, 5) is 0.